The molecule has 30 heavy (non-hydrogen) atoms. The normalized spacial score (nSPS) is 20.7. The predicted octanol–water partition coefficient (Wildman–Crippen LogP) is 3.40. The summed E-state index contributed by atoms with van der Waals surface area (Å²) in [5.41, 5.74) is -0.186. The molecule has 0 aliphatic carbocycles. The van der Waals surface area contributed by atoms with Gasteiger partial charge in [0.25, 0.3) is 0 Å². The van der Waals surface area contributed by atoms with Gasteiger partial charge >= 0.3 is 6.09 Å². The van der Waals surface area contributed by atoms with E-state index in [0.717, 1.165) is 5.56 Å². The molecule has 1 N–H and O–H groups in total. The molecule has 0 bridgehead atoms. The van der Waals surface area contributed by atoms with Gasteiger partial charge in [-0.15, -0.1) is 0 Å². The molecule has 160 valence electrons. The number of ether oxygens (including phenoxy) is 4. The van der Waals surface area contributed by atoms with Crippen molar-refractivity contribution in [1.82, 2.24) is 4.90 Å². The van der Waals surface area contributed by atoms with Crippen LogP contribution < -0.4 is 9.47 Å². The summed E-state index contributed by atoms with van der Waals surface area (Å²) in [4.78, 5) is 14.2. The molecule has 1 unspecified atom stereocenters. The Morgan fingerprint density at radius 1 is 1.23 bits per heavy atom. The monoisotopic (exact) mass is 417 g/mol. The fraction of sp³-hybridized carbons (Fsp3) is 0.409. The molecule has 0 radical (unpaired) electrons. The largest absolute Gasteiger partial charge is 0.486 e. The highest BCUT2D eigenvalue weighted by atomic mass is 19.1. The molecule has 0 saturated carbocycles. The van der Waals surface area contributed by atoms with Gasteiger partial charge in [0.2, 0.25) is 0 Å². The molecule has 1 amide bonds. The van der Waals surface area contributed by atoms with Crippen LogP contribution in [0.4, 0.5) is 9.18 Å². The van der Waals surface area contributed by atoms with Crippen LogP contribution in [0.15, 0.2) is 42.5 Å². The van der Waals surface area contributed by atoms with E-state index in [1.54, 1.807) is 13.8 Å². The molecule has 1 fully saturated rings. The summed E-state index contributed by atoms with van der Waals surface area (Å²) in [7, 11) is 0. The molecule has 2 aromatic carbocycles. The Bertz CT molecular complexity index is 919. The van der Waals surface area contributed by atoms with Gasteiger partial charge in [-0.3, -0.25) is 4.90 Å². The number of carbonyl (C=O) groups is 1. The van der Waals surface area contributed by atoms with Crippen LogP contribution in [0.3, 0.4) is 0 Å². The van der Waals surface area contributed by atoms with Crippen LogP contribution in [0.1, 0.15) is 31.1 Å². The SMILES string of the molecule is CC1(C)OC[C@H](C(O)c2cc3c(cc2F)OCCO3)N1C(=O)OCc1ccccc1. The molecular weight excluding hydrogens is 393 g/mol. The summed E-state index contributed by atoms with van der Waals surface area (Å²) in [5.74, 6) is -0.000956. The summed E-state index contributed by atoms with van der Waals surface area (Å²) in [6.45, 7) is 4.18. The molecule has 0 spiro atoms. The average molecular weight is 417 g/mol. The van der Waals surface area contributed by atoms with Crippen LogP contribution in [-0.4, -0.2) is 47.7 Å². The predicted molar refractivity (Wildman–Crippen MR) is 105 cm³/mol. The molecule has 0 aromatic heterocycles. The number of hydrogen-bond acceptors (Lipinski definition) is 6. The van der Waals surface area contributed by atoms with Crippen LogP contribution in [0.2, 0.25) is 0 Å². The molecule has 2 aliphatic rings. The topological polar surface area (TPSA) is 77.5 Å². The second-order valence-electron chi connectivity index (χ2n) is 7.70. The van der Waals surface area contributed by atoms with Crippen LogP contribution >= 0.6 is 0 Å². The van der Waals surface area contributed by atoms with Gasteiger partial charge in [0, 0.05) is 11.6 Å². The quantitative estimate of drug-likeness (QED) is 0.822. The Labute approximate surface area is 173 Å². The first kappa shape index (κ1) is 20.4. The van der Waals surface area contributed by atoms with E-state index < -0.39 is 29.8 Å². The van der Waals surface area contributed by atoms with Crippen molar-refractivity contribution in [3.8, 4) is 11.5 Å². The lowest BCUT2D eigenvalue weighted by Crippen LogP contribution is -2.50. The number of aliphatic hydroxyl groups is 1. The smallest absolute Gasteiger partial charge is 0.412 e. The maximum Gasteiger partial charge on any atom is 0.412 e. The molecule has 2 aromatic rings. The number of fused-ring (bicyclic) bond motifs is 1. The van der Waals surface area contributed by atoms with Gasteiger partial charge < -0.3 is 24.1 Å². The minimum absolute atomic E-state index is 0.00593. The lowest BCUT2D eigenvalue weighted by Gasteiger charge is -2.34. The number of rotatable bonds is 4. The highest BCUT2D eigenvalue weighted by Gasteiger charge is 2.48. The summed E-state index contributed by atoms with van der Waals surface area (Å²) >= 11 is 0. The van der Waals surface area contributed by atoms with E-state index >= 15 is 0 Å². The van der Waals surface area contributed by atoms with Crippen molar-refractivity contribution in [2.24, 2.45) is 0 Å². The molecule has 2 atom stereocenters. The fourth-order valence-corrected chi connectivity index (χ4v) is 3.72. The Morgan fingerprint density at radius 3 is 2.60 bits per heavy atom. The Balaban J connectivity index is 1.55. The fourth-order valence-electron chi connectivity index (χ4n) is 3.72. The number of nitrogens with zero attached hydrogens (tertiary/aromatic N) is 1. The molecule has 4 rings (SSSR count). The van der Waals surface area contributed by atoms with Gasteiger partial charge in [0.1, 0.15) is 37.5 Å². The van der Waals surface area contributed by atoms with Gasteiger partial charge in [0.05, 0.1) is 12.6 Å². The summed E-state index contributed by atoms with van der Waals surface area (Å²) in [5, 5.41) is 11.0. The highest BCUT2D eigenvalue weighted by molar-refractivity contribution is 5.69. The highest BCUT2D eigenvalue weighted by Crippen LogP contribution is 2.39. The number of aliphatic hydroxyl groups excluding tert-OH is 1. The Hall–Kier alpha value is -2.84. The number of amides is 1. The van der Waals surface area contributed by atoms with Gasteiger partial charge in [-0.05, 0) is 25.5 Å². The van der Waals surface area contributed by atoms with Gasteiger partial charge in [-0.2, -0.15) is 0 Å². The van der Waals surface area contributed by atoms with Crippen LogP contribution in [-0.2, 0) is 16.1 Å². The molecule has 7 nitrogen and oxygen atoms in total. The van der Waals surface area contributed by atoms with Crippen molar-refractivity contribution in [2.45, 2.75) is 38.3 Å². The molecule has 2 heterocycles. The lowest BCUT2D eigenvalue weighted by atomic mass is 10.00. The zero-order valence-electron chi connectivity index (χ0n) is 16.8. The Kier molecular flexibility index (Phi) is 5.53. The first-order valence-corrected chi connectivity index (χ1v) is 9.78. The van der Waals surface area contributed by atoms with E-state index in [-0.39, 0.29) is 24.5 Å². The number of halogens is 1. The van der Waals surface area contributed by atoms with Crippen molar-refractivity contribution < 1.29 is 33.2 Å². The van der Waals surface area contributed by atoms with Gasteiger partial charge in [-0.25, -0.2) is 9.18 Å². The van der Waals surface area contributed by atoms with Crippen molar-refractivity contribution in [1.29, 1.82) is 0 Å². The first-order valence-electron chi connectivity index (χ1n) is 9.78. The summed E-state index contributed by atoms with van der Waals surface area (Å²) in [6.07, 6.45) is -1.99. The summed E-state index contributed by atoms with van der Waals surface area (Å²) in [6, 6.07) is 11.0. The number of hydrogen-bond donors (Lipinski definition) is 1. The van der Waals surface area contributed by atoms with Crippen molar-refractivity contribution in [3.63, 3.8) is 0 Å². The third-order valence-electron chi connectivity index (χ3n) is 5.27. The zero-order chi connectivity index (χ0) is 21.3. The third-order valence-corrected chi connectivity index (χ3v) is 5.27. The number of benzene rings is 2. The zero-order valence-corrected chi connectivity index (χ0v) is 16.8. The molecular formula is C22H24FNO6. The average Bonchev–Trinajstić information content (AvgIpc) is 3.06. The van der Waals surface area contributed by atoms with E-state index in [0.29, 0.717) is 19.0 Å². The Morgan fingerprint density at radius 2 is 1.90 bits per heavy atom. The van der Waals surface area contributed by atoms with Crippen molar-refractivity contribution in [3.05, 3.63) is 59.4 Å². The van der Waals surface area contributed by atoms with E-state index in [2.05, 4.69) is 0 Å². The maximum atomic E-state index is 14.7. The van der Waals surface area contributed by atoms with Crippen molar-refractivity contribution >= 4 is 6.09 Å². The van der Waals surface area contributed by atoms with E-state index in [4.69, 9.17) is 18.9 Å². The minimum atomic E-state index is -1.34. The maximum absolute atomic E-state index is 14.7. The minimum Gasteiger partial charge on any atom is -0.486 e. The van der Waals surface area contributed by atoms with E-state index in [1.807, 2.05) is 30.3 Å². The second-order valence-corrected chi connectivity index (χ2v) is 7.70. The molecule has 8 heteroatoms. The van der Waals surface area contributed by atoms with Gasteiger partial charge in [-0.1, -0.05) is 30.3 Å². The first-order chi connectivity index (χ1) is 14.4. The summed E-state index contributed by atoms with van der Waals surface area (Å²) < 4.78 is 36.7. The second kappa shape index (κ2) is 8.12. The lowest BCUT2D eigenvalue weighted by molar-refractivity contribution is -0.0545. The molecule has 2 aliphatic heterocycles. The third kappa shape index (κ3) is 3.93. The van der Waals surface area contributed by atoms with Gasteiger partial charge in [0.15, 0.2) is 11.5 Å². The van der Waals surface area contributed by atoms with Crippen LogP contribution in [0, 0.1) is 5.82 Å². The molecule has 1 saturated heterocycles. The van der Waals surface area contributed by atoms with Crippen molar-refractivity contribution in [2.75, 3.05) is 19.8 Å². The van der Waals surface area contributed by atoms with Crippen LogP contribution in [0.25, 0.3) is 0 Å². The van der Waals surface area contributed by atoms with E-state index in [9.17, 15) is 14.3 Å². The van der Waals surface area contributed by atoms with E-state index in [1.165, 1.54) is 17.0 Å². The number of carbonyl (C=O) groups excluding carboxylic acids is 1. The standard InChI is InChI=1S/C22H24FNO6/c1-22(2)24(21(26)29-12-14-6-4-3-5-7-14)17(13-30-22)20(25)15-10-18-19(11-16(15)23)28-9-8-27-18/h3-7,10-11,17,20,25H,8-9,12-13H2,1-2H3/t17-,20?/m1/s1. The van der Waals surface area contributed by atoms with Crippen LogP contribution in [0.5, 0.6) is 11.5 Å².